The van der Waals surface area contributed by atoms with E-state index in [9.17, 15) is 38.0 Å². The van der Waals surface area contributed by atoms with Crippen LogP contribution < -0.4 is 5.32 Å². The molecule has 0 bridgehead atoms. The van der Waals surface area contributed by atoms with E-state index in [1.165, 1.54) is 51.7 Å². The molecule has 1 saturated heterocycles. The highest BCUT2D eigenvalue weighted by Crippen LogP contribution is 2.25. The summed E-state index contributed by atoms with van der Waals surface area (Å²) in [6, 6.07) is 17.5. The van der Waals surface area contributed by atoms with Gasteiger partial charge in [0, 0.05) is 25.2 Å². The largest absolute Gasteiger partial charge is 0.411 e. The van der Waals surface area contributed by atoms with Gasteiger partial charge < -0.3 is 20.5 Å². The first-order chi connectivity index (χ1) is 25.2. The lowest BCUT2D eigenvalue weighted by atomic mass is 9.95. The van der Waals surface area contributed by atoms with Gasteiger partial charge in [-0.2, -0.15) is 4.31 Å². The van der Waals surface area contributed by atoms with Crippen LogP contribution in [0.5, 0.6) is 0 Å². The molecule has 3 aromatic rings. The van der Waals surface area contributed by atoms with E-state index < -0.39 is 63.4 Å². The summed E-state index contributed by atoms with van der Waals surface area (Å²) in [6.07, 6.45) is 0.330. The summed E-state index contributed by atoms with van der Waals surface area (Å²) in [4.78, 5) is 54.0. The van der Waals surface area contributed by atoms with Crippen LogP contribution in [-0.2, 0) is 32.6 Å². The fourth-order valence-corrected chi connectivity index (χ4v) is 7.81. The van der Waals surface area contributed by atoms with Crippen molar-refractivity contribution in [1.29, 1.82) is 0 Å². The third kappa shape index (κ3) is 10.2. The minimum atomic E-state index is -4.14. The van der Waals surface area contributed by atoms with Crippen LogP contribution in [0.1, 0.15) is 50.8 Å². The van der Waals surface area contributed by atoms with Crippen molar-refractivity contribution in [3.05, 3.63) is 106 Å². The first-order valence-electron chi connectivity index (χ1n) is 17.3. The Bertz CT molecular complexity index is 1890. The Morgan fingerprint density at radius 1 is 1.02 bits per heavy atom. The number of nitrogens with one attached hydrogen (secondary N) is 1. The fraction of sp³-hybridized carbons (Fsp3) is 0.405. The van der Waals surface area contributed by atoms with E-state index in [0.29, 0.717) is 17.5 Å². The average molecular weight is 751 g/mol. The highest BCUT2D eigenvalue weighted by atomic mass is 32.2. The maximum Gasteiger partial charge on any atom is 0.328 e. The summed E-state index contributed by atoms with van der Waals surface area (Å²) in [5, 5.41) is 37.8. The number of carbonyl (C=O) groups is 3. The normalized spacial score (nSPS) is 16.0. The number of nitro groups is 1. The van der Waals surface area contributed by atoms with Gasteiger partial charge in [0.2, 0.25) is 15.9 Å². The van der Waals surface area contributed by atoms with Gasteiger partial charge in [-0.15, -0.1) is 0 Å². The second-order valence-corrected chi connectivity index (χ2v) is 15.5. The van der Waals surface area contributed by atoms with E-state index >= 15 is 0 Å². The Balaban J connectivity index is 1.62. The van der Waals surface area contributed by atoms with Gasteiger partial charge in [0.1, 0.15) is 12.6 Å². The van der Waals surface area contributed by atoms with E-state index in [1.54, 1.807) is 25.1 Å². The number of carbonyl (C=O) groups excluding carboxylic acids is 3. The minimum absolute atomic E-state index is 0.0344. The lowest BCUT2D eigenvalue weighted by Gasteiger charge is -2.34. The van der Waals surface area contributed by atoms with E-state index in [4.69, 9.17) is 5.21 Å². The Morgan fingerprint density at radius 3 is 2.28 bits per heavy atom. The number of oxime groups is 1. The van der Waals surface area contributed by atoms with Crippen LogP contribution >= 0.6 is 0 Å². The van der Waals surface area contributed by atoms with Gasteiger partial charge in [0.15, 0.2) is 0 Å². The number of hydrogen-bond acceptors (Lipinski definition) is 10. The van der Waals surface area contributed by atoms with Gasteiger partial charge in [-0.25, -0.2) is 13.2 Å². The van der Waals surface area contributed by atoms with Crippen LogP contribution in [0.2, 0.25) is 0 Å². The Morgan fingerprint density at radius 2 is 1.68 bits per heavy atom. The monoisotopic (exact) mass is 750 g/mol. The second kappa shape index (κ2) is 18.0. The van der Waals surface area contributed by atoms with Crippen molar-refractivity contribution >= 4 is 39.8 Å². The molecule has 0 unspecified atom stereocenters. The molecule has 0 spiro atoms. The summed E-state index contributed by atoms with van der Waals surface area (Å²) in [7, 11) is -4.14. The zero-order valence-corrected chi connectivity index (χ0v) is 30.9. The number of hydrogen-bond donors (Lipinski definition) is 3. The molecule has 3 aromatic carbocycles. The molecule has 0 saturated carbocycles. The van der Waals surface area contributed by atoms with Gasteiger partial charge in [-0.05, 0) is 47.1 Å². The fourth-order valence-electron chi connectivity index (χ4n) is 6.19. The third-order valence-electron chi connectivity index (χ3n) is 9.11. The van der Waals surface area contributed by atoms with E-state index in [2.05, 4.69) is 10.5 Å². The average Bonchev–Trinajstić information content (AvgIpc) is 3.39. The molecule has 1 aliphatic heterocycles. The van der Waals surface area contributed by atoms with Crippen molar-refractivity contribution in [2.45, 2.75) is 70.2 Å². The van der Waals surface area contributed by atoms with E-state index in [-0.39, 0.29) is 42.6 Å². The van der Waals surface area contributed by atoms with Gasteiger partial charge in [0.25, 0.3) is 11.6 Å². The molecule has 0 aliphatic carbocycles. The first-order valence-corrected chi connectivity index (χ1v) is 18.7. The van der Waals surface area contributed by atoms with Crippen molar-refractivity contribution in [2.24, 2.45) is 17.0 Å². The maximum atomic E-state index is 14.3. The number of nitro benzene ring substituents is 1. The number of non-ortho nitro benzene ring substituents is 1. The van der Waals surface area contributed by atoms with E-state index in [0.717, 1.165) is 16.7 Å². The third-order valence-corrected chi connectivity index (χ3v) is 11.0. The summed E-state index contributed by atoms with van der Waals surface area (Å²) in [6.45, 7) is 6.35. The molecule has 0 aromatic heterocycles. The number of aliphatic hydroxyl groups excluding tert-OH is 1. The van der Waals surface area contributed by atoms with Crippen LogP contribution in [0.25, 0.3) is 0 Å². The number of nitrogens with zero attached hydrogens (tertiary/aromatic N) is 5. The smallest absolute Gasteiger partial charge is 0.328 e. The van der Waals surface area contributed by atoms with Gasteiger partial charge in [0.05, 0.1) is 34.7 Å². The van der Waals surface area contributed by atoms with Crippen molar-refractivity contribution in [1.82, 2.24) is 19.4 Å². The quantitative estimate of drug-likeness (QED) is 0.0564. The molecule has 4 amide bonds. The predicted octanol–water partition coefficient (Wildman–Crippen LogP) is 4.02. The van der Waals surface area contributed by atoms with Crippen molar-refractivity contribution in [3.8, 4) is 0 Å². The number of rotatable bonds is 18. The zero-order valence-electron chi connectivity index (χ0n) is 30.1. The Kier molecular flexibility index (Phi) is 13.8. The predicted molar refractivity (Wildman–Crippen MR) is 196 cm³/mol. The van der Waals surface area contributed by atoms with Crippen LogP contribution in [0, 0.1) is 22.0 Å². The number of sulfonamides is 1. The number of urea groups is 1. The standard InChI is InChI=1S/C37H46N6O9S/c1-5-26(4)35(42-24-34(45)41(37(42)47)22-29-12-9-13-30(18-29)43(49)50)36(46)39-32(19-27-10-7-6-8-11-27)33(44)23-40(21-25(2)3)53(51,52)31-16-14-28(15-17-31)20-38-48/h6-18,20,25-26,32-33,35,44,48H,5,19,21-24H2,1-4H3,(H,39,46)/t26-,32-,33-,35-/m0/s1. The highest BCUT2D eigenvalue weighted by molar-refractivity contribution is 7.89. The molecule has 0 radical (unpaired) electrons. The molecule has 4 atom stereocenters. The second-order valence-electron chi connectivity index (χ2n) is 13.5. The first kappa shape index (κ1) is 40.6. The van der Waals surface area contributed by atoms with Gasteiger partial charge in [-0.1, -0.05) is 93.9 Å². The molecule has 284 valence electrons. The van der Waals surface area contributed by atoms with E-state index in [1.807, 2.05) is 39.0 Å². The molecular weight excluding hydrogens is 705 g/mol. The molecular formula is C37H46N6O9S. The summed E-state index contributed by atoms with van der Waals surface area (Å²) in [5.74, 6) is -1.76. The lowest BCUT2D eigenvalue weighted by molar-refractivity contribution is -0.384. The minimum Gasteiger partial charge on any atom is -0.411 e. The number of imide groups is 1. The molecule has 3 N–H and O–H groups in total. The van der Waals surface area contributed by atoms with Crippen molar-refractivity contribution in [2.75, 3.05) is 19.6 Å². The van der Waals surface area contributed by atoms with Crippen LogP contribution in [0.15, 0.2) is 88.9 Å². The van der Waals surface area contributed by atoms with Crippen LogP contribution in [0.3, 0.4) is 0 Å². The molecule has 15 nitrogen and oxygen atoms in total. The Hall–Kier alpha value is -5.19. The SMILES string of the molecule is CC[C@H](C)[C@@H](C(=O)N[C@@H](Cc1ccccc1)[C@@H](O)CN(CC(C)C)S(=O)(=O)c1ccc(C=NO)cc1)N1CC(=O)N(Cc2cccc([N+](=O)[O-])c2)C1=O. The molecule has 16 heteroatoms. The van der Waals surface area contributed by atoms with Crippen molar-refractivity contribution < 1.29 is 38.0 Å². The van der Waals surface area contributed by atoms with Gasteiger partial charge >= 0.3 is 6.03 Å². The topological polar surface area (TPSA) is 203 Å². The van der Waals surface area contributed by atoms with Crippen LogP contribution in [-0.4, -0.2) is 99.6 Å². The summed E-state index contributed by atoms with van der Waals surface area (Å²) >= 11 is 0. The Labute approximate surface area is 309 Å². The lowest BCUT2D eigenvalue weighted by Crippen LogP contribution is -2.57. The highest BCUT2D eigenvalue weighted by Gasteiger charge is 2.45. The molecule has 4 rings (SSSR count). The van der Waals surface area contributed by atoms with Crippen molar-refractivity contribution in [3.63, 3.8) is 0 Å². The molecule has 1 fully saturated rings. The summed E-state index contributed by atoms with van der Waals surface area (Å²) in [5.41, 5.74) is 1.42. The summed E-state index contributed by atoms with van der Waals surface area (Å²) < 4.78 is 29.0. The number of amides is 4. The van der Waals surface area contributed by atoms with Gasteiger partial charge in [-0.3, -0.25) is 24.6 Å². The number of aliphatic hydroxyl groups is 1. The van der Waals surface area contributed by atoms with Crippen LogP contribution in [0.4, 0.5) is 10.5 Å². The zero-order chi connectivity index (χ0) is 38.9. The molecule has 53 heavy (non-hydrogen) atoms. The molecule has 1 heterocycles. The molecule has 1 aliphatic rings. The maximum absolute atomic E-state index is 14.3. The number of benzene rings is 3.